The van der Waals surface area contributed by atoms with Crippen molar-refractivity contribution in [3.63, 3.8) is 0 Å². The van der Waals surface area contributed by atoms with Crippen LogP contribution in [0.5, 0.6) is 0 Å². The van der Waals surface area contributed by atoms with Crippen LogP contribution in [-0.4, -0.2) is 18.5 Å². The molecule has 2 aromatic rings. The molecule has 5 N–H and O–H groups in total. The molecular weight excluding hydrogens is 280 g/mol. The molecule has 0 aliphatic carbocycles. The lowest BCUT2D eigenvalue weighted by molar-refractivity contribution is -0.116. The van der Waals surface area contributed by atoms with Crippen molar-refractivity contribution in [2.24, 2.45) is 5.73 Å². The molecule has 114 valence electrons. The van der Waals surface area contributed by atoms with Crippen LogP contribution in [0.4, 0.5) is 21.9 Å². The van der Waals surface area contributed by atoms with Crippen molar-refractivity contribution in [3.8, 4) is 0 Å². The number of urea groups is 1. The van der Waals surface area contributed by atoms with Crippen molar-refractivity contribution < 1.29 is 9.59 Å². The Kier molecular flexibility index (Phi) is 5.50. The summed E-state index contributed by atoms with van der Waals surface area (Å²) in [6, 6.07) is 15.7. The number of benzene rings is 2. The highest BCUT2D eigenvalue weighted by atomic mass is 16.2. The first-order valence-corrected chi connectivity index (χ1v) is 6.91. The maximum Gasteiger partial charge on any atom is 0.323 e. The molecule has 0 unspecified atom stereocenters. The van der Waals surface area contributed by atoms with Crippen molar-refractivity contribution in [3.05, 3.63) is 54.6 Å². The molecule has 6 heteroatoms. The van der Waals surface area contributed by atoms with E-state index in [1.807, 2.05) is 18.2 Å². The maximum atomic E-state index is 12.0. The van der Waals surface area contributed by atoms with Gasteiger partial charge in [-0.05, 0) is 24.3 Å². The van der Waals surface area contributed by atoms with E-state index in [0.29, 0.717) is 17.1 Å². The monoisotopic (exact) mass is 298 g/mol. The van der Waals surface area contributed by atoms with Crippen LogP contribution in [0.2, 0.25) is 0 Å². The SMILES string of the molecule is NCCC(=O)Nc1ccccc1NC(=O)Nc1ccccc1. The van der Waals surface area contributed by atoms with Crippen LogP contribution in [0, 0.1) is 0 Å². The number of hydrogen-bond acceptors (Lipinski definition) is 3. The number of hydrogen-bond donors (Lipinski definition) is 4. The van der Waals surface area contributed by atoms with E-state index in [0.717, 1.165) is 0 Å². The molecule has 0 radical (unpaired) electrons. The van der Waals surface area contributed by atoms with E-state index in [2.05, 4.69) is 16.0 Å². The Morgan fingerprint density at radius 2 is 1.41 bits per heavy atom. The Morgan fingerprint density at radius 1 is 0.818 bits per heavy atom. The van der Waals surface area contributed by atoms with Crippen LogP contribution < -0.4 is 21.7 Å². The second-order valence-corrected chi connectivity index (χ2v) is 4.58. The highest BCUT2D eigenvalue weighted by Gasteiger charge is 2.08. The van der Waals surface area contributed by atoms with Gasteiger partial charge in [0.2, 0.25) is 5.91 Å². The van der Waals surface area contributed by atoms with Crippen LogP contribution >= 0.6 is 0 Å². The summed E-state index contributed by atoms with van der Waals surface area (Å²) in [6.07, 6.45) is 0.227. The summed E-state index contributed by atoms with van der Waals surface area (Å²) < 4.78 is 0. The van der Waals surface area contributed by atoms with E-state index in [1.165, 1.54) is 0 Å². The Labute approximate surface area is 128 Å². The Bertz CT molecular complexity index is 644. The van der Waals surface area contributed by atoms with Gasteiger partial charge in [-0.3, -0.25) is 4.79 Å². The van der Waals surface area contributed by atoms with Gasteiger partial charge in [-0.1, -0.05) is 30.3 Å². The normalized spacial score (nSPS) is 9.86. The smallest absolute Gasteiger partial charge is 0.323 e. The standard InChI is InChI=1S/C16H18N4O2/c17-11-10-15(21)19-13-8-4-5-9-14(13)20-16(22)18-12-6-2-1-3-7-12/h1-9H,10-11,17H2,(H,19,21)(H2,18,20,22). The summed E-state index contributed by atoms with van der Waals surface area (Å²) in [5.74, 6) is -0.194. The Hall–Kier alpha value is -2.86. The van der Waals surface area contributed by atoms with E-state index in [-0.39, 0.29) is 24.9 Å². The van der Waals surface area contributed by atoms with Gasteiger partial charge in [0.15, 0.2) is 0 Å². The first-order chi connectivity index (χ1) is 10.7. The van der Waals surface area contributed by atoms with Gasteiger partial charge in [0.05, 0.1) is 11.4 Å². The van der Waals surface area contributed by atoms with E-state index >= 15 is 0 Å². The summed E-state index contributed by atoms with van der Waals surface area (Å²) in [7, 11) is 0. The van der Waals surface area contributed by atoms with Crippen LogP contribution in [0.25, 0.3) is 0 Å². The zero-order valence-corrected chi connectivity index (χ0v) is 12.0. The average molecular weight is 298 g/mol. The quantitative estimate of drug-likeness (QED) is 0.683. The summed E-state index contributed by atoms with van der Waals surface area (Å²) >= 11 is 0. The zero-order chi connectivity index (χ0) is 15.8. The summed E-state index contributed by atoms with van der Waals surface area (Å²) in [5, 5.41) is 8.14. The highest BCUT2D eigenvalue weighted by molar-refractivity contribution is 6.03. The number of anilines is 3. The van der Waals surface area contributed by atoms with Gasteiger partial charge in [-0.2, -0.15) is 0 Å². The van der Waals surface area contributed by atoms with Crippen molar-refractivity contribution >= 4 is 29.0 Å². The summed E-state index contributed by atoms with van der Waals surface area (Å²) in [4.78, 5) is 23.6. The third-order valence-electron chi connectivity index (χ3n) is 2.85. The van der Waals surface area contributed by atoms with E-state index in [4.69, 9.17) is 5.73 Å². The zero-order valence-electron chi connectivity index (χ0n) is 12.0. The molecule has 6 nitrogen and oxygen atoms in total. The predicted octanol–water partition coefficient (Wildman–Crippen LogP) is 2.62. The number of carbonyl (C=O) groups excluding carboxylic acids is 2. The molecule has 2 rings (SSSR count). The number of para-hydroxylation sites is 3. The van der Waals surface area contributed by atoms with Crippen molar-refractivity contribution in [1.29, 1.82) is 0 Å². The molecular formula is C16H18N4O2. The number of nitrogens with one attached hydrogen (secondary N) is 3. The largest absolute Gasteiger partial charge is 0.330 e. The van der Waals surface area contributed by atoms with Crippen LogP contribution in [0.3, 0.4) is 0 Å². The average Bonchev–Trinajstić information content (AvgIpc) is 2.50. The predicted molar refractivity (Wildman–Crippen MR) is 87.8 cm³/mol. The van der Waals surface area contributed by atoms with Gasteiger partial charge in [0.25, 0.3) is 0 Å². The minimum atomic E-state index is -0.383. The molecule has 0 atom stereocenters. The van der Waals surface area contributed by atoms with Gasteiger partial charge in [-0.25, -0.2) is 4.79 Å². The molecule has 0 saturated carbocycles. The molecule has 3 amide bonds. The van der Waals surface area contributed by atoms with Gasteiger partial charge < -0.3 is 21.7 Å². The van der Waals surface area contributed by atoms with Gasteiger partial charge in [-0.15, -0.1) is 0 Å². The fraction of sp³-hybridized carbons (Fsp3) is 0.125. The summed E-state index contributed by atoms with van der Waals surface area (Å²) in [5.41, 5.74) is 7.08. The lowest BCUT2D eigenvalue weighted by Crippen LogP contribution is -2.21. The minimum absolute atomic E-state index is 0.194. The molecule has 0 saturated heterocycles. The van der Waals surface area contributed by atoms with Gasteiger partial charge >= 0.3 is 6.03 Å². The van der Waals surface area contributed by atoms with E-state index in [1.54, 1.807) is 36.4 Å². The van der Waals surface area contributed by atoms with Crippen molar-refractivity contribution in [1.82, 2.24) is 0 Å². The third-order valence-corrected chi connectivity index (χ3v) is 2.85. The minimum Gasteiger partial charge on any atom is -0.330 e. The lowest BCUT2D eigenvalue weighted by atomic mass is 10.2. The van der Waals surface area contributed by atoms with Gasteiger partial charge in [0, 0.05) is 18.7 Å². The molecule has 0 aromatic heterocycles. The summed E-state index contributed by atoms with van der Waals surface area (Å²) in [6.45, 7) is 0.274. The highest BCUT2D eigenvalue weighted by Crippen LogP contribution is 2.21. The number of nitrogens with two attached hydrogens (primary N) is 1. The Morgan fingerprint density at radius 3 is 2.05 bits per heavy atom. The first-order valence-electron chi connectivity index (χ1n) is 6.91. The van der Waals surface area contributed by atoms with Crippen LogP contribution in [0.15, 0.2) is 54.6 Å². The molecule has 0 fully saturated rings. The van der Waals surface area contributed by atoms with Crippen LogP contribution in [0.1, 0.15) is 6.42 Å². The lowest BCUT2D eigenvalue weighted by Gasteiger charge is -2.12. The second-order valence-electron chi connectivity index (χ2n) is 4.58. The number of carbonyl (C=O) groups is 2. The number of amides is 3. The first kappa shape index (κ1) is 15.5. The number of rotatable bonds is 5. The molecule has 22 heavy (non-hydrogen) atoms. The fourth-order valence-electron chi connectivity index (χ4n) is 1.85. The fourth-order valence-corrected chi connectivity index (χ4v) is 1.85. The van der Waals surface area contributed by atoms with Crippen LogP contribution in [-0.2, 0) is 4.79 Å². The van der Waals surface area contributed by atoms with Gasteiger partial charge in [0.1, 0.15) is 0 Å². The molecule has 0 heterocycles. The molecule has 0 bridgehead atoms. The van der Waals surface area contributed by atoms with E-state index in [9.17, 15) is 9.59 Å². The van der Waals surface area contributed by atoms with E-state index < -0.39 is 0 Å². The molecule has 2 aromatic carbocycles. The molecule has 0 aliphatic heterocycles. The van der Waals surface area contributed by atoms with Crippen molar-refractivity contribution in [2.75, 3.05) is 22.5 Å². The topological polar surface area (TPSA) is 96.2 Å². The Balaban J connectivity index is 2.03. The third kappa shape index (κ3) is 4.60. The molecule has 0 aliphatic rings. The van der Waals surface area contributed by atoms with Crippen molar-refractivity contribution in [2.45, 2.75) is 6.42 Å². The second kappa shape index (κ2) is 7.80. The molecule has 0 spiro atoms. The maximum absolute atomic E-state index is 12.0.